The molecule has 0 fully saturated rings. The van der Waals surface area contributed by atoms with Gasteiger partial charge in [-0.2, -0.15) is 0 Å². The summed E-state index contributed by atoms with van der Waals surface area (Å²) in [7, 11) is 0. The van der Waals surface area contributed by atoms with Gasteiger partial charge >= 0.3 is 0 Å². The number of nitrogens with zero attached hydrogens (tertiary/aromatic N) is 4. The molecule has 22 heavy (non-hydrogen) atoms. The van der Waals surface area contributed by atoms with Gasteiger partial charge in [0.15, 0.2) is 0 Å². The number of fused-ring (bicyclic) bond motifs is 1. The lowest BCUT2D eigenvalue weighted by molar-refractivity contribution is 0.145. The van der Waals surface area contributed by atoms with Crippen LogP contribution in [0.25, 0.3) is 11.2 Å². The monoisotopic (exact) mass is 301 g/mol. The number of rotatable bonds is 3. The highest BCUT2D eigenvalue weighted by molar-refractivity contribution is 5.79. The van der Waals surface area contributed by atoms with Crippen LogP contribution in [0.1, 0.15) is 28.9 Å². The third-order valence-electron chi connectivity index (χ3n) is 3.43. The summed E-state index contributed by atoms with van der Waals surface area (Å²) >= 11 is 0. The highest BCUT2D eigenvalue weighted by Gasteiger charge is 2.15. The lowest BCUT2D eigenvalue weighted by Crippen LogP contribution is -2.01. The van der Waals surface area contributed by atoms with Crippen molar-refractivity contribution in [2.45, 2.75) is 13.3 Å². The average molecular weight is 301 g/mol. The standard InChI is InChI=1S/C15H13F2N5/c1-8(11-5-20-15(18)21-9(11)2)10-3-4-13-19-6-12(14(16)17)22(13)7-10/h3-7,14H,1H2,2H3,(H2,18,20,21). The fourth-order valence-corrected chi connectivity index (χ4v) is 2.28. The molecule has 3 aromatic rings. The van der Waals surface area contributed by atoms with E-state index in [9.17, 15) is 8.78 Å². The van der Waals surface area contributed by atoms with E-state index in [4.69, 9.17) is 5.73 Å². The molecule has 0 saturated carbocycles. The molecule has 0 aliphatic heterocycles. The van der Waals surface area contributed by atoms with Gasteiger partial charge in [-0.05, 0) is 30.2 Å². The molecular weight excluding hydrogens is 288 g/mol. The Bertz CT molecular complexity index is 869. The van der Waals surface area contributed by atoms with Crippen molar-refractivity contribution in [1.82, 2.24) is 19.4 Å². The summed E-state index contributed by atoms with van der Waals surface area (Å²) in [4.78, 5) is 12.0. The number of hydrogen-bond acceptors (Lipinski definition) is 4. The summed E-state index contributed by atoms with van der Waals surface area (Å²) in [6, 6.07) is 3.44. The Morgan fingerprint density at radius 2 is 2.05 bits per heavy atom. The summed E-state index contributed by atoms with van der Waals surface area (Å²) < 4.78 is 27.3. The van der Waals surface area contributed by atoms with E-state index in [0.29, 0.717) is 28.0 Å². The Balaban J connectivity index is 2.09. The Kier molecular flexibility index (Phi) is 3.32. The first-order valence-electron chi connectivity index (χ1n) is 6.51. The second kappa shape index (κ2) is 5.18. The molecule has 0 aliphatic rings. The Morgan fingerprint density at radius 3 is 2.73 bits per heavy atom. The van der Waals surface area contributed by atoms with Gasteiger partial charge < -0.3 is 5.73 Å². The molecule has 3 rings (SSSR count). The van der Waals surface area contributed by atoms with E-state index in [-0.39, 0.29) is 11.6 Å². The molecule has 0 bridgehead atoms. The minimum Gasteiger partial charge on any atom is -0.368 e. The Labute approximate surface area is 125 Å². The SMILES string of the molecule is C=C(c1ccc2ncc(C(F)F)n2c1)c1cnc(N)nc1C. The Morgan fingerprint density at radius 1 is 1.27 bits per heavy atom. The van der Waals surface area contributed by atoms with E-state index >= 15 is 0 Å². The maximum Gasteiger partial charge on any atom is 0.280 e. The van der Waals surface area contributed by atoms with E-state index in [1.165, 1.54) is 10.6 Å². The van der Waals surface area contributed by atoms with Gasteiger partial charge in [-0.3, -0.25) is 4.40 Å². The number of nitrogens with two attached hydrogens (primary N) is 1. The first kappa shape index (κ1) is 14.1. The van der Waals surface area contributed by atoms with Gasteiger partial charge in [0.1, 0.15) is 11.3 Å². The summed E-state index contributed by atoms with van der Waals surface area (Å²) in [5, 5.41) is 0. The molecule has 3 aromatic heterocycles. The van der Waals surface area contributed by atoms with Gasteiger partial charge in [-0.25, -0.2) is 23.7 Å². The smallest absolute Gasteiger partial charge is 0.280 e. The van der Waals surface area contributed by atoms with Crippen LogP contribution in [0.2, 0.25) is 0 Å². The van der Waals surface area contributed by atoms with Crippen LogP contribution in [-0.4, -0.2) is 19.4 Å². The van der Waals surface area contributed by atoms with Crippen LogP contribution >= 0.6 is 0 Å². The molecule has 3 heterocycles. The molecule has 7 heteroatoms. The fraction of sp³-hybridized carbons (Fsp3) is 0.133. The number of halogens is 2. The molecule has 0 atom stereocenters. The van der Waals surface area contributed by atoms with Crippen molar-refractivity contribution in [3.05, 3.63) is 59.8 Å². The third kappa shape index (κ3) is 2.30. The van der Waals surface area contributed by atoms with Crippen LogP contribution in [0.4, 0.5) is 14.7 Å². The number of nitrogen functional groups attached to an aromatic ring is 1. The van der Waals surface area contributed by atoms with Gasteiger partial charge in [0, 0.05) is 18.0 Å². The van der Waals surface area contributed by atoms with Crippen LogP contribution < -0.4 is 5.73 Å². The van der Waals surface area contributed by atoms with E-state index < -0.39 is 6.43 Å². The summed E-state index contributed by atoms with van der Waals surface area (Å²) in [6.45, 7) is 5.80. The molecule has 0 aliphatic carbocycles. The van der Waals surface area contributed by atoms with E-state index in [0.717, 1.165) is 0 Å². The first-order chi connectivity index (χ1) is 10.5. The molecule has 0 unspecified atom stereocenters. The van der Waals surface area contributed by atoms with Crippen molar-refractivity contribution in [1.29, 1.82) is 0 Å². The number of imidazole rings is 1. The normalized spacial score (nSPS) is 11.3. The van der Waals surface area contributed by atoms with E-state index in [1.807, 2.05) is 0 Å². The fourth-order valence-electron chi connectivity index (χ4n) is 2.28. The van der Waals surface area contributed by atoms with Crippen LogP contribution in [0, 0.1) is 6.92 Å². The molecule has 2 N–H and O–H groups in total. The van der Waals surface area contributed by atoms with Crippen molar-refractivity contribution in [3.63, 3.8) is 0 Å². The largest absolute Gasteiger partial charge is 0.368 e. The predicted octanol–water partition coefficient (Wildman–Crippen LogP) is 3.01. The van der Waals surface area contributed by atoms with Crippen molar-refractivity contribution in [2.75, 3.05) is 5.73 Å². The molecule has 0 spiro atoms. The summed E-state index contributed by atoms with van der Waals surface area (Å²) in [6.07, 6.45) is 1.73. The average Bonchev–Trinajstić information content (AvgIpc) is 2.89. The number of hydrogen-bond donors (Lipinski definition) is 1. The maximum absolute atomic E-state index is 13.0. The van der Waals surface area contributed by atoms with Gasteiger partial charge in [-0.1, -0.05) is 6.58 Å². The van der Waals surface area contributed by atoms with Gasteiger partial charge in [0.25, 0.3) is 6.43 Å². The van der Waals surface area contributed by atoms with Gasteiger partial charge in [-0.15, -0.1) is 0 Å². The van der Waals surface area contributed by atoms with Crippen molar-refractivity contribution < 1.29 is 8.78 Å². The molecule has 112 valence electrons. The van der Waals surface area contributed by atoms with Gasteiger partial charge in [0.2, 0.25) is 5.95 Å². The lowest BCUT2D eigenvalue weighted by atomic mass is 10.0. The zero-order valence-corrected chi connectivity index (χ0v) is 11.8. The number of aryl methyl sites for hydroxylation is 1. The van der Waals surface area contributed by atoms with E-state index in [2.05, 4.69) is 21.5 Å². The zero-order chi connectivity index (χ0) is 15.9. The van der Waals surface area contributed by atoms with Crippen LogP contribution in [0.15, 0.2) is 37.3 Å². The van der Waals surface area contributed by atoms with Crippen LogP contribution in [0.3, 0.4) is 0 Å². The summed E-state index contributed by atoms with van der Waals surface area (Å²) in [5.74, 6) is 0.180. The second-order valence-electron chi connectivity index (χ2n) is 4.84. The van der Waals surface area contributed by atoms with Crippen molar-refractivity contribution in [3.8, 4) is 0 Å². The molecule has 0 aromatic carbocycles. The van der Waals surface area contributed by atoms with Crippen molar-refractivity contribution in [2.24, 2.45) is 0 Å². The molecular formula is C15H13F2N5. The molecule has 0 radical (unpaired) electrons. The predicted molar refractivity (Wildman–Crippen MR) is 79.5 cm³/mol. The minimum atomic E-state index is -2.60. The molecule has 0 amide bonds. The minimum absolute atomic E-state index is 0.157. The molecule has 0 saturated heterocycles. The first-order valence-corrected chi connectivity index (χ1v) is 6.51. The van der Waals surface area contributed by atoms with Gasteiger partial charge in [0.05, 0.1) is 11.9 Å². The van der Waals surface area contributed by atoms with E-state index in [1.54, 1.807) is 31.5 Å². The van der Waals surface area contributed by atoms with Crippen molar-refractivity contribution >= 4 is 17.2 Å². The maximum atomic E-state index is 13.0. The number of pyridine rings is 1. The Hall–Kier alpha value is -2.83. The number of alkyl halides is 2. The topological polar surface area (TPSA) is 69.1 Å². The second-order valence-corrected chi connectivity index (χ2v) is 4.84. The van der Waals surface area contributed by atoms with Crippen LogP contribution in [-0.2, 0) is 0 Å². The lowest BCUT2D eigenvalue weighted by Gasteiger charge is -2.10. The molecule has 5 nitrogen and oxygen atoms in total. The number of anilines is 1. The van der Waals surface area contributed by atoms with Crippen LogP contribution in [0.5, 0.6) is 0 Å². The third-order valence-corrected chi connectivity index (χ3v) is 3.43. The summed E-state index contributed by atoms with van der Waals surface area (Å²) in [5.41, 5.74) is 8.54. The zero-order valence-electron chi connectivity index (χ0n) is 11.8. The number of aromatic nitrogens is 4. The quantitative estimate of drug-likeness (QED) is 0.807. The highest BCUT2D eigenvalue weighted by atomic mass is 19.3. The highest BCUT2D eigenvalue weighted by Crippen LogP contribution is 2.26.